The zero-order valence-electron chi connectivity index (χ0n) is 12.6. The molecule has 0 bridgehead atoms. The largest absolute Gasteiger partial charge is 0.506 e. The van der Waals surface area contributed by atoms with Crippen molar-refractivity contribution in [2.24, 2.45) is 0 Å². The lowest BCUT2D eigenvalue weighted by atomic mass is 10.0. The van der Waals surface area contributed by atoms with E-state index in [4.69, 9.17) is 6.57 Å². The fourth-order valence-corrected chi connectivity index (χ4v) is 2.19. The number of hydrogen-bond donors (Lipinski definition) is 2. The fourth-order valence-electron chi connectivity index (χ4n) is 2.19. The van der Waals surface area contributed by atoms with E-state index in [2.05, 4.69) is 15.1 Å². The van der Waals surface area contributed by atoms with Crippen molar-refractivity contribution in [2.75, 3.05) is 5.32 Å². The summed E-state index contributed by atoms with van der Waals surface area (Å²) in [5, 5.41) is 11.9. The van der Waals surface area contributed by atoms with E-state index in [-0.39, 0.29) is 11.7 Å². The second kappa shape index (κ2) is 6.63. The fraction of sp³-hybridized carbons (Fsp3) is 0. The van der Waals surface area contributed by atoms with Gasteiger partial charge in [-0.2, -0.15) is 0 Å². The van der Waals surface area contributed by atoms with Crippen LogP contribution in [0.5, 0.6) is 5.75 Å². The Balaban J connectivity index is 1.74. The van der Waals surface area contributed by atoms with Crippen molar-refractivity contribution < 1.29 is 9.90 Å². The molecule has 0 aliphatic rings. The molecule has 0 unspecified atom stereocenters. The minimum Gasteiger partial charge on any atom is -0.506 e. The number of nitrogens with one attached hydrogen (secondary N) is 1. The quantitative estimate of drug-likeness (QED) is 0.710. The number of nitrogens with zero attached hydrogens (tertiary/aromatic N) is 2. The summed E-state index contributed by atoms with van der Waals surface area (Å²) in [6.45, 7) is 6.96. The van der Waals surface area contributed by atoms with E-state index in [0.29, 0.717) is 17.1 Å². The zero-order chi connectivity index (χ0) is 16.9. The summed E-state index contributed by atoms with van der Waals surface area (Å²) in [7, 11) is 0. The summed E-state index contributed by atoms with van der Waals surface area (Å²) in [4.78, 5) is 19.5. The lowest BCUT2D eigenvalue weighted by Gasteiger charge is -2.06. The molecule has 0 spiro atoms. The molecule has 2 aromatic carbocycles. The lowest BCUT2D eigenvalue weighted by Crippen LogP contribution is -2.12. The Labute approximate surface area is 139 Å². The Morgan fingerprint density at radius 3 is 2.12 bits per heavy atom. The van der Waals surface area contributed by atoms with Crippen LogP contribution in [0.3, 0.4) is 0 Å². The first-order valence-corrected chi connectivity index (χ1v) is 7.20. The van der Waals surface area contributed by atoms with E-state index in [1.165, 1.54) is 18.3 Å². The summed E-state index contributed by atoms with van der Waals surface area (Å²) < 4.78 is 0. The van der Waals surface area contributed by atoms with Crippen molar-refractivity contribution >= 4 is 17.4 Å². The van der Waals surface area contributed by atoms with Crippen LogP contribution >= 0.6 is 0 Å². The number of amides is 1. The molecule has 1 aromatic heterocycles. The highest BCUT2D eigenvalue weighted by atomic mass is 16.3. The molecule has 3 aromatic rings. The second-order valence-corrected chi connectivity index (χ2v) is 5.09. The predicted octanol–water partition coefficient (Wildman–Crippen LogP) is 4.26. The zero-order valence-corrected chi connectivity index (χ0v) is 12.6. The van der Waals surface area contributed by atoms with E-state index < -0.39 is 0 Å². The van der Waals surface area contributed by atoms with E-state index in [1.807, 2.05) is 24.3 Å². The van der Waals surface area contributed by atoms with Crippen LogP contribution in [0.25, 0.3) is 16.0 Å². The van der Waals surface area contributed by atoms with Crippen LogP contribution in [-0.4, -0.2) is 16.0 Å². The Morgan fingerprint density at radius 1 is 0.958 bits per heavy atom. The average Bonchev–Trinajstić information content (AvgIpc) is 2.64. The molecule has 24 heavy (non-hydrogen) atoms. The summed E-state index contributed by atoms with van der Waals surface area (Å²) in [5.74, 6) is 0.140. The van der Waals surface area contributed by atoms with Crippen molar-refractivity contribution in [2.45, 2.75) is 0 Å². The molecule has 1 heterocycles. The molecular formula is C19H13N3O2. The van der Waals surface area contributed by atoms with Crippen LogP contribution in [0.1, 0.15) is 10.4 Å². The normalized spacial score (nSPS) is 9.96. The molecule has 0 radical (unpaired) electrons. The number of aromatic nitrogens is 1. The monoisotopic (exact) mass is 315 g/mol. The van der Waals surface area contributed by atoms with Crippen molar-refractivity contribution in [1.29, 1.82) is 0 Å². The Hall–Kier alpha value is -3.65. The third-order valence-corrected chi connectivity index (χ3v) is 3.47. The molecule has 3 rings (SSSR count). The molecule has 0 aliphatic heterocycles. The van der Waals surface area contributed by atoms with Gasteiger partial charge in [0.05, 0.1) is 12.8 Å². The maximum atomic E-state index is 12.2. The molecule has 0 saturated carbocycles. The van der Waals surface area contributed by atoms with Crippen LogP contribution in [0.15, 0.2) is 66.9 Å². The van der Waals surface area contributed by atoms with Gasteiger partial charge in [0.2, 0.25) is 0 Å². The summed E-state index contributed by atoms with van der Waals surface area (Å²) in [6.07, 6.45) is 1.27. The third-order valence-electron chi connectivity index (χ3n) is 3.47. The van der Waals surface area contributed by atoms with Crippen molar-refractivity contribution in [3.63, 3.8) is 0 Å². The molecule has 0 fully saturated rings. The molecule has 5 nitrogen and oxygen atoms in total. The first-order valence-electron chi connectivity index (χ1n) is 7.20. The van der Waals surface area contributed by atoms with Gasteiger partial charge in [0.15, 0.2) is 5.69 Å². The van der Waals surface area contributed by atoms with Gasteiger partial charge < -0.3 is 10.4 Å². The van der Waals surface area contributed by atoms with E-state index in [1.54, 1.807) is 24.3 Å². The SMILES string of the molecule is [C-]#[N+]c1ccc(-c2ccc(C(=O)Nc3ccc(O)cn3)cc2)cc1. The van der Waals surface area contributed by atoms with Gasteiger partial charge in [-0.05, 0) is 35.4 Å². The van der Waals surface area contributed by atoms with Crippen LogP contribution in [0.2, 0.25) is 0 Å². The van der Waals surface area contributed by atoms with Gasteiger partial charge in [0.25, 0.3) is 5.91 Å². The molecule has 2 N–H and O–H groups in total. The third kappa shape index (κ3) is 3.39. The Bertz CT molecular complexity index is 893. The molecular weight excluding hydrogens is 302 g/mol. The van der Waals surface area contributed by atoms with Gasteiger partial charge in [-0.1, -0.05) is 36.4 Å². The number of pyridine rings is 1. The number of anilines is 1. The number of hydrogen-bond acceptors (Lipinski definition) is 3. The van der Waals surface area contributed by atoms with Crippen LogP contribution < -0.4 is 5.32 Å². The summed E-state index contributed by atoms with van der Waals surface area (Å²) in [5.41, 5.74) is 3.04. The van der Waals surface area contributed by atoms with Crippen LogP contribution in [0.4, 0.5) is 11.5 Å². The van der Waals surface area contributed by atoms with Crippen LogP contribution in [0, 0.1) is 6.57 Å². The minimum atomic E-state index is -0.275. The number of carbonyl (C=O) groups is 1. The maximum absolute atomic E-state index is 12.2. The van der Waals surface area contributed by atoms with Crippen LogP contribution in [-0.2, 0) is 0 Å². The smallest absolute Gasteiger partial charge is 0.256 e. The van der Waals surface area contributed by atoms with Gasteiger partial charge in [-0.25, -0.2) is 9.83 Å². The number of carbonyl (C=O) groups excluding carboxylic acids is 1. The van der Waals surface area contributed by atoms with E-state index in [0.717, 1.165) is 11.1 Å². The lowest BCUT2D eigenvalue weighted by molar-refractivity contribution is 0.102. The summed E-state index contributed by atoms with van der Waals surface area (Å²) >= 11 is 0. The second-order valence-electron chi connectivity index (χ2n) is 5.09. The van der Waals surface area contributed by atoms with Gasteiger partial charge in [-0.15, -0.1) is 0 Å². The predicted molar refractivity (Wildman–Crippen MR) is 92.0 cm³/mol. The molecule has 5 heteroatoms. The van der Waals surface area contributed by atoms with Gasteiger partial charge in [0, 0.05) is 5.56 Å². The molecule has 0 atom stereocenters. The van der Waals surface area contributed by atoms with Crippen molar-refractivity contribution in [3.8, 4) is 16.9 Å². The van der Waals surface area contributed by atoms with E-state index in [9.17, 15) is 9.90 Å². The molecule has 0 saturated heterocycles. The highest BCUT2D eigenvalue weighted by Crippen LogP contribution is 2.23. The Morgan fingerprint density at radius 2 is 1.58 bits per heavy atom. The number of aromatic hydroxyl groups is 1. The topological polar surface area (TPSA) is 66.6 Å². The first-order chi connectivity index (χ1) is 11.7. The number of benzene rings is 2. The number of rotatable bonds is 3. The van der Waals surface area contributed by atoms with Gasteiger partial charge in [0.1, 0.15) is 11.6 Å². The van der Waals surface area contributed by atoms with Gasteiger partial charge in [-0.3, -0.25) is 4.79 Å². The van der Waals surface area contributed by atoms with Gasteiger partial charge >= 0.3 is 0 Å². The molecule has 116 valence electrons. The standard InChI is InChI=1S/C19H13N3O2/c1-20-16-8-6-14(7-9-16)13-2-4-15(5-3-13)19(24)22-18-11-10-17(23)12-21-18/h2-12,23H,(H,21,22,24). The Kier molecular flexibility index (Phi) is 4.21. The minimum absolute atomic E-state index is 0.0431. The highest BCUT2D eigenvalue weighted by molar-refractivity contribution is 6.04. The van der Waals surface area contributed by atoms with E-state index >= 15 is 0 Å². The van der Waals surface area contributed by atoms with Crippen molar-refractivity contribution in [1.82, 2.24) is 4.98 Å². The summed E-state index contributed by atoms with van der Waals surface area (Å²) in [6, 6.07) is 17.4. The maximum Gasteiger partial charge on any atom is 0.256 e. The first kappa shape index (κ1) is 15.3. The highest BCUT2D eigenvalue weighted by Gasteiger charge is 2.07. The molecule has 0 aliphatic carbocycles. The van der Waals surface area contributed by atoms with Crippen molar-refractivity contribution in [3.05, 3.63) is 83.8 Å². The molecule has 1 amide bonds. The average molecular weight is 315 g/mol.